The van der Waals surface area contributed by atoms with Crippen molar-refractivity contribution in [2.75, 3.05) is 20.1 Å². The summed E-state index contributed by atoms with van der Waals surface area (Å²) >= 11 is 0. The summed E-state index contributed by atoms with van der Waals surface area (Å²) in [6, 6.07) is -0.895. The Morgan fingerprint density at radius 2 is 2.19 bits per heavy atom. The van der Waals surface area contributed by atoms with Crippen molar-refractivity contribution in [2.45, 2.75) is 25.8 Å². The highest BCUT2D eigenvalue weighted by Crippen LogP contribution is 2.19. The second-order valence-electron chi connectivity index (χ2n) is 4.29. The van der Waals surface area contributed by atoms with E-state index in [-0.39, 0.29) is 6.03 Å². The summed E-state index contributed by atoms with van der Waals surface area (Å²) in [6.07, 6.45) is 1.30. The van der Waals surface area contributed by atoms with E-state index >= 15 is 0 Å². The molecule has 5 heteroatoms. The van der Waals surface area contributed by atoms with Gasteiger partial charge in [0, 0.05) is 20.1 Å². The number of carboxylic acids is 1. The summed E-state index contributed by atoms with van der Waals surface area (Å²) in [4.78, 5) is 25.8. The number of likely N-dealkylation sites (N-methyl/N-ethyl adjacent to an activating group) is 1. The molecule has 5 nitrogen and oxygen atoms in total. The fourth-order valence-electron chi connectivity index (χ4n) is 1.94. The average Bonchev–Trinajstić information content (AvgIpc) is 2.63. The number of carbonyl (C=O) groups excluding carboxylic acids is 1. The van der Waals surface area contributed by atoms with Crippen LogP contribution in [0, 0.1) is 0 Å². The molecule has 0 aromatic heterocycles. The summed E-state index contributed by atoms with van der Waals surface area (Å²) in [5, 5.41) is 8.97. The van der Waals surface area contributed by atoms with Crippen molar-refractivity contribution in [3.8, 4) is 0 Å². The molecule has 90 valence electrons. The molecule has 0 aromatic rings. The molecule has 0 saturated carbocycles. The van der Waals surface area contributed by atoms with Crippen molar-refractivity contribution in [1.82, 2.24) is 9.80 Å². The van der Waals surface area contributed by atoms with E-state index in [2.05, 4.69) is 6.58 Å². The first kappa shape index (κ1) is 12.5. The maximum absolute atomic E-state index is 11.9. The van der Waals surface area contributed by atoms with Crippen LogP contribution >= 0.6 is 0 Å². The number of amides is 2. The van der Waals surface area contributed by atoms with Crippen LogP contribution < -0.4 is 0 Å². The zero-order chi connectivity index (χ0) is 12.3. The van der Waals surface area contributed by atoms with Crippen LogP contribution in [0.1, 0.15) is 19.8 Å². The maximum Gasteiger partial charge on any atom is 0.326 e. The van der Waals surface area contributed by atoms with Crippen LogP contribution in [-0.4, -0.2) is 53.1 Å². The van der Waals surface area contributed by atoms with E-state index in [1.807, 2.05) is 6.92 Å². The van der Waals surface area contributed by atoms with Crippen molar-refractivity contribution < 1.29 is 14.7 Å². The van der Waals surface area contributed by atoms with Crippen LogP contribution in [0.25, 0.3) is 0 Å². The molecule has 1 aliphatic heterocycles. The first-order valence-corrected chi connectivity index (χ1v) is 5.32. The Kier molecular flexibility index (Phi) is 3.93. The lowest BCUT2D eigenvalue weighted by Crippen LogP contribution is -2.47. The van der Waals surface area contributed by atoms with Crippen LogP contribution in [0.3, 0.4) is 0 Å². The van der Waals surface area contributed by atoms with Crippen molar-refractivity contribution in [1.29, 1.82) is 0 Å². The topological polar surface area (TPSA) is 60.9 Å². The minimum Gasteiger partial charge on any atom is -0.480 e. The van der Waals surface area contributed by atoms with Crippen LogP contribution in [-0.2, 0) is 4.79 Å². The zero-order valence-electron chi connectivity index (χ0n) is 9.77. The maximum atomic E-state index is 11.9. The Bertz CT molecular complexity index is 314. The molecule has 1 rings (SSSR count). The van der Waals surface area contributed by atoms with E-state index < -0.39 is 12.0 Å². The molecule has 16 heavy (non-hydrogen) atoms. The van der Waals surface area contributed by atoms with Crippen molar-refractivity contribution in [3.63, 3.8) is 0 Å². The first-order chi connectivity index (χ1) is 7.43. The summed E-state index contributed by atoms with van der Waals surface area (Å²) in [5.41, 5.74) is 0.877. The van der Waals surface area contributed by atoms with Gasteiger partial charge in [0.15, 0.2) is 0 Å². The number of aliphatic carboxylic acids is 1. The fraction of sp³-hybridized carbons (Fsp3) is 0.636. The normalized spacial score (nSPS) is 19.6. The zero-order valence-corrected chi connectivity index (χ0v) is 9.77. The predicted octanol–water partition coefficient (Wildman–Crippen LogP) is 1.16. The summed E-state index contributed by atoms with van der Waals surface area (Å²) in [7, 11) is 1.66. The monoisotopic (exact) mass is 226 g/mol. The lowest BCUT2D eigenvalue weighted by atomic mass is 10.2. The molecule has 2 amide bonds. The van der Waals surface area contributed by atoms with E-state index in [1.54, 1.807) is 7.05 Å². The fourth-order valence-corrected chi connectivity index (χ4v) is 1.94. The Morgan fingerprint density at radius 3 is 2.69 bits per heavy atom. The molecule has 0 radical (unpaired) electrons. The molecule has 1 aliphatic rings. The van der Waals surface area contributed by atoms with Crippen LogP contribution in [0.15, 0.2) is 12.2 Å². The largest absolute Gasteiger partial charge is 0.480 e. The van der Waals surface area contributed by atoms with Crippen molar-refractivity contribution in [3.05, 3.63) is 12.2 Å². The molecule has 0 unspecified atom stereocenters. The Labute approximate surface area is 95.3 Å². The van der Waals surface area contributed by atoms with E-state index in [0.717, 1.165) is 12.0 Å². The summed E-state index contributed by atoms with van der Waals surface area (Å²) in [6.45, 7) is 6.55. The number of carbonyl (C=O) groups is 2. The summed E-state index contributed by atoms with van der Waals surface area (Å²) < 4.78 is 0. The van der Waals surface area contributed by atoms with Gasteiger partial charge in [-0.1, -0.05) is 12.2 Å². The van der Waals surface area contributed by atoms with Gasteiger partial charge < -0.3 is 14.9 Å². The van der Waals surface area contributed by atoms with Crippen LogP contribution in [0.5, 0.6) is 0 Å². The SMILES string of the molecule is C=C(C)CN(C)C(=O)N1CCC[C@@H]1C(=O)O. The van der Waals surface area contributed by atoms with Gasteiger partial charge in [0.1, 0.15) is 6.04 Å². The highest BCUT2D eigenvalue weighted by Gasteiger charge is 2.35. The molecular formula is C11H18N2O3. The number of hydrogen-bond donors (Lipinski definition) is 1. The smallest absolute Gasteiger partial charge is 0.326 e. The minimum absolute atomic E-state index is 0.229. The Balaban J connectivity index is 2.65. The van der Waals surface area contributed by atoms with Crippen molar-refractivity contribution in [2.24, 2.45) is 0 Å². The van der Waals surface area contributed by atoms with Gasteiger partial charge in [-0.2, -0.15) is 0 Å². The highest BCUT2D eigenvalue weighted by atomic mass is 16.4. The van der Waals surface area contributed by atoms with Gasteiger partial charge >= 0.3 is 12.0 Å². The van der Waals surface area contributed by atoms with Gasteiger partial charge in [0.2, 0.25) is 0 Å². The second kappa shape index (κ2) is 5.01. The highest BCUT2D eigenvalue weighted by molar-refractivity contribution is 5.83. The van der Waals surface area contributed by atoms with Gasteiger partial charge in [-0.15, -0.1) is 0 Å². The molecule has 0 aromatic carbocycles. The van der Waals surface area contributed by atoms with E-state index in [1.165, 1.54) is 9.80 Å². The van der Waals surface area contributed by atoms with Gasteiger partial charge in [-0.05, 0) is 19.8 Å². The second-order valence-corrected chi connectivity index (χ2v) is 4.29. The Morgan fingerprint density at radius 1 is 1.56 bits per heavy atom. The molecule has 1 fully saturated rings. The third kappa shape index (κ3) is 2.74. The molecule has 0 aliphatic carbocycles. The standard InChI is InChI=1S/C11H18N2O3/c1-8(2)7-12(3)11(16)13-6-4-5-9(13)10(14)15/h9H,1,4-7H2,2-3H3,(H,14,15)/t9-/m1/s1. The third-order valence-electron chi connectivity index (χ3n) is 2.62. The minimum atomic E-state index is -0.922. The number of rotatable bonds is 3. The lowest BCUT2D eigenvalue weighted by Gasteiger charge is -2.27. The number of carboxylic acid groups (broad SMARTS) is 1. The molecule has 1 atom stereocenters. The quantitative estimate of drug-likeness (QED) is 0.735. The molecule has 1 N–H and O–H groups in total. The van der Waals surface area contributed by atoms with Crippen LogP contribution in [0.2, 0.25) is 0 Å². The van der Waals surface area contributed by atoms with E-state index in [9.17, 15) is 9.59 Å². The van der Waals surface area contributed by atoms with Gasteiger partial charge in [-0.3, -0.25) is 0 Å². The van der Waals surface area contributed by atoms with Crippen LogP contribution in [0.4, 0.5) is 4.79 Å². The van der Waals surface area contributed by atoms with Gasteiger partial charge in [-0.25, -0.2) is 9.59 Å². The lowest BCUT2D eigenvalue weighted by molar-refractivity contribution is -0.141. The average molecular weight is 226 g/mol. The molecule has 0 bridgehead atoms. The summed E-state index contributed by atoms with van der Waals surface area (Å²) in [5.74, 6) is -0.922. The Hall–Kier alpha value is -1.52. The van der Waals surface area contributed by atoms with E-state index in [0.29, 0.717) is 19.5 Å². The molecular weight excluding hydrogens is 208 g/mol. The predicted molar refractivity (Wildman–Crippen MR) is 60.2 cm³/mol. The van der Waals surface area contributed by atoms with Gasteiger partial charge in [0.25, 0.3) is 0 Å². The van der Waals surface area contributed by atoms with Gasteiger partial charge in [0.05, 0.1) is 0 Å². The molecule has 1 saturated heterocycles. The number of hydrogen-bond acceptors (Lipinski definition) is 2. The van der Waals surface area contributed by atoms with E-state index in [4.69, 9.17) is 5.11 Å². The number of urea groups is 1. The third-order valence-corrected chi connectivity index (χ3v) is 2.62. The van der Waals surface area contributed by atoms with Crippen molar-refractivity contribution >= 4 is 12.0 Å². The molecule has 1 heterocycles. The molecule has 0 spiro atoms. The first-order valence-electron chi connectivity index (χ1n) is 5.32. The number of likely N-dealkylation sites (tertiary alicyclic amines) is 1. The number of nitrogens with zero attached hydrogens (tertiary/aromatic N) is 2.